The number of benzene rings is 1. The normalized spacial score (nSPS) is 18.1. The summed E-state index contributed by atoms with van der Waals surface area (Å²) < 4.78 is 0. The maximum atomic E-state index is 12.4. The number of rotatable bonds is 7. The molecule has 1 saturated heterocycles. The van der Waals surface area contributed by atoms with E-state index in [9.17, 15) is 9.59 Å². The van der Waals surface area contributed by atoms with E-state index in [4.69, 9.17) is 0 Å². The van der Waals surface area contributed by atoms with Gasteiger partial charge in [-0.3, -0.25) is 14.5 Å². The summed E-state index contributed by atoms with van der Waals surface area (Å²) in [7, 11) is 0. The molecule has 1 aliphatic rings. The van der Waals surface area contributed by atoms with Crippen LogP contribution in [0.25, 0.3) is 11.0 Å². The van der Waals surface area contributed by atoms with Crippen LogP contribution >= 0.6 is 0 Å². The van der Waals surface area contributed by atoms with Crippen LogP contribution in [0.3, 0.4) is 0 Å². The predicted molar refractivity (Wildman–Crippen MR) is 105 cm³/mol. The molecule has 0 bridgehead atoms. The van der Waals surface area contributed by atoms with E-state index in [1.807, 2.05) is 25.1 Å². The van der Waals surface area contributed by atoms with Crippen molar-refractivity contribution in [3.8, 4) is 0 Å². The number of fused-ring (bicyclic) bond motifs is 1. The highest BCUT2D eigenvalue weighted by Crippen LogP contribution is 2.14. The Labute approximate surface area is 159 Å². The average molecular weight is 371 g/mol. The van der Waals surface area contributed by atoms with Crippen molar-refractivity contribution in [2.75, 3.05) is 19.6 Å². The fourth-order valence-corrected chi connectivity index (χ4v) is 3.37. The SMILES string of the molecule is Cc1ccc2nc(CNC(=O)CC3C(=O)NCCN3CCC(C)C)[nH]c2c1. The first-order chi connectivity index (χ1) is 12.9. The number of carbonyl (C=O) groups excluding carboxylic acids is 2. The van der Waals surface area contributed by atoms with Gasteiger partial charge in [-0.1, -0.05) is 19.9 Å². The minimum atomic E-state index is -0.393. The van der Waals surface area contributed by atoms with Gasteiger partial charge in [-0.05, 0) is 43.5 Å². The van der Waals surface area contributed by atoms with Gasteiger partial charge in [0.2, 0.25) is 11.8 Å². The first kappa shape index (κ1) is 19.4. The molecule has 0 aliphatic carbocycles. The van der Waals surface area contributed by atoms with Crippen molar-refractivity contribution in [2.24, 2.45) is 5.92 Å². The minimum Gasteiger partial charge on any atom is -0.353 e. The lowest BCUT2D eigenvalue weighted by Gasteiger charge is -2.35. The predicted octanol–water partition coefficient (Wildman–Crippen LogP) is 1.72. The molecule has 1 aromatic carbocycles. The van der Waals surface area contributed by atoms with Crippen molar-refractivity contribution in [3.63, 3.8) is 0 Å². The van der Waals surface area contributed by atoms with E-state index in [2.05, 4.69) is 39.3 Å². The summed E-state index contributed by atoms with van der Waals surface area (Å²) in [6, 6.07) is 5.62. The van der Waals surface area contributed by atoms with Gasteiger partial charge >= 0.3 is 0 Å². The van der Waals surface area contributed by atoms with Crippen LogP contribution in [0.5, 0.6) is 0 Å². The number of hydrogen-bond acceptors (Lipinski definition) is 4. The highest BCUT2D eigenvalue weighted by Gasteiger charge is 2.31. The van der Waals surface area contributed by atoms with Crippen LogP contribution in [0.15, 0.2) is 18.2 Å². The minimum absolute atomic E-state index is 0.0561. The van der Waals surface area contributed by atoms with Gasteiger partial charge in [0.25, 0.3) is 0 Å². The Bertz CT molecular complexity index is 814. The third-order valence-corrected chi connectivity index (χ3v) is 4.95. The van der Waals surface area contributed by atoms with Gasteiger partial charge in [-0.2, -0.15) is 0 Å². The molecule has 7 nitrogen and oxygen atoms in total. The number of amides is 2. The fraction of sp³-hybridized carbons (Fsp3) is 0.550. The zero-order chi connectivity index (χ0) is 19.4. The van der Waals surface area contributed by atoms with Crippen molar-refractivity contribution in [2.45, 2.75) is 46.2 Å². The lowest BCUT2D eigenvalue weighted by Crippen LogP contribution is -2.56. The summed E-state index contributed by atoms with van der Waals surface area (Å²) in [6.45, 7) is 8.97. The maximum Gasteiger partial charge on any atom is 0.237 e. The van der Waals surface area contributed by atoms with Crippen LogP contribution in [-0.4, -0.2) is 52.4 Å². The number of hydrogen-bond donors (Lipinski definition) is 3. The zero-order valence-corrected chi connectivity index (χ0v) is 16.3. The van der Waals surface area contributed by atoms with Gasteiger partial charge in [0.05, 0.1) is 30.0 Å². The average Bonchev–Trinajstić information content (AvgIpc) is 3.02. The maximum absolute atomic E-state index is 12.4. The first-order valence-electron chi connectivity index (χ1n) is 9.66. The molecule has 2 heterocycles. The molecule has 27 heavy (non-hydrogen) atoms. The van der Waals surface area contributed by atoms with Crippen LogP contribution < -0.4 is 10.6 Å². The van der Waals surface area contributed by atoms with Crippen molar-refractivity contribution < 1.29 is 9.59 Å². The van der Waals surface area contributed by atoms with Crippen LogP contribution in [0.1, 0.15) is 38.1 Å². The number of piperazine rings is 1. The number of imidazole rings is 1. The fourth-order valence-electron chi connectivity index (χ4n) is 3.37. The molecule has 2 aromatic rings. The van der Waals surface area contributed by atoms with E-state index in [-0.39, 0.29) is 18.2 Å². The van der Waals surface area contributed by atoms with Crippen molar-refractivity contribution in [3.05, 3.63) is 29.6 Å². The van der Waals surface area contributed by atoms with Gasteiger partial charge in [0.1, 0.15) is 5.82 Å². The third-order valence-electron chi connectivity index (χ3n) is 4.95. The number of aromatic amines is 1. The van der Waals surface area contributed by atoms with E-state index in [0.29, 0.717) is 24.8 Å². The Hall–Kier alpha value is -2.41. The smallest absolute Gasteiger partial charge is 0.237 e. The molecule has 1 aromatic heterocycles. The van der Waals surface area contributed by atoms with Gasteiger partial charge in [0, 0.05) is 13.1 Å². The third kappa shape index (κ3) is 5.07. The van der Waals surface area contributed by atoms with Gasteiger partial charge in [-0.15, -0.1) is 0 Å². The molecule has 1 unspecified atom stereocenters. The molecule has 7 heteroatoms. The molecular formula is C20H29N5O2. The zero-order valence-electron chi connectivity index (χ0n) is 16.3. The highest BCUT2D eigenvalue weighted by atomic mass is 16.2. The molecule has 2 amide bonds. The number of aryl methyl sites for hydroxylation is 1. The number of carbonyl (C=O) groups is 2. The highest BCUT2D eigenvalue weighted by molar-refractivity contribution is 5.88. The molecule has 146 valence electrons. The Morgan fingerprint density at radius 2 is 2.22 bits per heavy atom. The summed E-state index contributed by atoms with van der Waals surface area (Å²) in [4.78, 5) is 34.5. The van der Waals surface area contributed by atoms with Crippen LogP contribution in [0.4, 0.5) is 0 Å². The second kappa shape index (κ2) is 8.52. The van der Waals surface area contributed by atoms with Crippen molar-refractivity contribution in [1.82, 2.24) is 25.5 Å². The van der Waals surface area contributed by atoms with E-state index in [0.717, 1.165) is 36.1 Å². The molecule has 1 atom stereocenters. The largest absolute Gasteiger partial charge is 0.353 e. The standard InChI is InChI=1S/C20H29N5O2/c1-13(2)6-8-25-9-7-21-20(27)17(25)11-19(26)22-12-18-23-15-5-4-14(3)10-16(15)24-18/h4-5,10,13,17H,6-9,11-12H2,1-3H3,(H,21,27)(H,22,26)(H,23,24). The Morgan fingerprint density at radius 1 is 1.41 bits per heavy atom. The van der Waals surface area contributed by atoms with Crippen LogP contribution in [0.2, 0.25) is 0 Å². The summed E-state index contributed by atoms with van der Waals surface area (Å²) in [5.74, 6) is 1.09. The van der Waals surface area contributed by atoms with Crippen molar-refractivity contribution in [1.29, 1.82) is 0 Å². The molecule has 0 radical (unpaired) electrons. The topological polar surface area (TPSA) is 90.1 Å². The lowest BCUT2D eigenvalue weighted by molar-refractivity contribution is -0.134. The van der Waals surface area contributed by atoms with Crippen LogP contribution in [0, 0.1) is 12.8 Å². The summed E-state index contributed by atoms with van der Waals surface area (Å²) in [5, 5.41) is 5.76. The quantitative estimate of drug-likeness (QED) is 0.691. The van der Waals surface area contributed by atoms with E-state index >= 15 is 0 Å². The molecule has 3 rings (SSSR count). The number of aromatic nitrogens is 2. The number of nitrogens with zero attached hydrogens (tertiary/aromatic N) is 2. The molecule has 0 saturated carbocycles. The molecular weight excluding hydrogens is 342 g/mol. The number of H-pyrrole nitrogens is 1. The van der Waals surface area contributed by atoms with Gasteiger partial charge in [0.15, 0.2) is 0 Å². The Balaban J connectivity index is 1.56. The van der Waals surface area contributed by atoms with Gasteiger partial charge in [-0.25, -0.2) is 4.98 Å². The first-order valence-corrected chi connectivity index (χ1v) is 9.66. The molecule has 0 spiro atoms. The number of nitrogens with one attached hydrogen (secondary N) is 3. The Morgan fingerprint density at radius 3 is 3.00 bits per heavy atom. The van der Waals surface area contributed by atoms with E-state index in [1.165, 1.54) is 0 Å². The summed E-state index contributed by atoms with van der Waals surface area (Å²) in [5.41, 5.74) is 3.01. The molecule has 1 fully saturated rings. The molecule has 3 N–H and O–H groups in total. The van der Waals surface area contributed by atoms with E-state index < -0.39 is 6.04 Å². The monoisotopic (exact) mass is 371 g/mol. The Kier molecular flexibility index (Phi) is 6.11. The molecule has 1 aliphatic heterocycles. The second-order valence-electron chi connectivity index (χ2n) is 7.71. The van der Waals surface area contributed by atoms with Crippen molar-refractivity contribution >= 4 is 22.8 Å². The van der Waals surface area contributed by atoms with Gasteiger partial charge < -0.3 is 15.6 Å². The lowest BCUT2D eigenvalue weighted by atomic mass is 10.1. The second-order valence-corrected chi connectivity index (χ2v) is 7.71. The summed E-state index contributed by atoms with van der Waals surface area (Å²) in [6.07, 6.45) is 1.19. The summed E-state index contributed by atoms with van der Waals surface area (Å²) >= 11 is 0. The van der Waals surface area contributed by atoms with Crippen LogP contribution in [-0.2, 0) is 16.1 Å². The van der Waals surface area contributed by atoms with E-state index in [1.54, 1.807) is 0 Å².